The molecule has 0 N–H and O–H groups in total. The second-order valence-electron chi connectivity index (χ2n) is 5.57. The number of carbonyl (C=O) groups excluding carboxylic acids is 2. The molecule has 0 aliphatic carbocycles. The largest absolute Gasteiger partial charge is 0.466 e. The highest BCUT2D eigenvalue weighted by Crippen LogP contribution is 2.34. The number of thioether (sulfide) groups is 2. The lowest BCUT2D eigenvalue weighted by atomic mass is 10.1. The predicted octanol–water partition coefficient (Wildman–Crippen LogP) is 3.78. The molecule has 4 nitrogen and oxygen atoms in total. The summed E-state index contributed by atoms with van der Waals surface area (Å²) in [4.78, 5) is 23.3. The van der Waals surface area contributed by atoms with Crippen molar-refractivity contribution in [1.82, 2.24) is 0 Å². The van der Waals surface area contributed by atoms with E-state index in [-0.39, 0.29) is 17.9 Å². The number of carbonyl (C=O) groups is 2. The summed E-state index contributed by atoms with van der Waals surface area (Å²) in [6, 6.07) is 7.58. The first-order chi connectivity index (χ1) is 11.6. The molecule has 1 aromatic rings. The van der Waals surface area contributed by atoms with Crippen LogP contribution in [-0.4, -0.2) is 41.9 Å². The molecule has 6 heteroatoms. The maximum Gasteiger partial charge on any atom is 0.338 e. The molecule has 24 heavy (non-hydrogen) atoms. The lowest BCUT2D eigenvalue weighted by Gasteiger charge is -2.10. The van der Waals surface area contributed by atoms with Gasteiger partial charge in [0.1, 0.15) is 0 Å². The monoisotopic (exact) mass is 368 g/mol. The molecule has 0 bridgehead atoms. The van der Waals surface area contributed by atoms with Crippen LogP contribution in [0.5, 0.6) is 0 Å². The van der Waals surface area contributed by atoms with Gasteiger partial charge >= 0.3 is 11.9 Å². The van der Waals surface area contributed by atoms with Gasteiger partial charge in [0.15, 0.2) is 0 Å². The molecule has 2 rings (SSSR count). The third kappa shape index (κ3) is 5.74. The molecule has 132 valence electrons. The van der Waals surface area contributed by atoms with E-state index < -0.39 is 0 Å². The van der Waals surface area contributed by atoms with Crippen molar-refractivity contribution < 1.29 is 19.1 Å². The van der Waals surface area contributed by atoms with Crippen LogP contribution in [-0.2, 0) is 20.0 Å². The summed E-state index contributed by atoms with van der Waals surface area (Å²) >= 11 is 3.73. The summed E-state index contributed by atoms with van der Waals surface area (Å²) < 4.78 is 10.1. The second kappa shape index (κ2) is 9.99. The third-order valence-electron chi connectivity index (χ3n) is 3.74. The van der Waals surface area contributed by atoms with E-state index in [4.69, 9.17) is 9.47 Å². The van der Waals surface area contributed by atoms with E-state index >= 15 is 0 Å². The Morgan fingerprint density at radius 2 is 1.88 bits per heavy atom. The van der Waals surface area contributed by atoms with Crippen molar-refractivity contribution in [2.75, 3.05) is 24.7 Å². The van der Waals surface area contributed by atoms with Crippen LogP contribution < -0.4 is 0 Å². The zero-order chi connectivity index (χ0) is 17.4. The highest BCUT2D eigenvalue weighted by molar-refractivity contribution is 8.03. The van der Waals surface area contributed by atoms with Gasteiger partial charge in [-0.05, 0) is 38.0 Å². The molecule has 1 aliphatic heterocycles. The van der Waals surface area contributed by atoms with Gasteiger partial charge < -0.3 is 9.47 Å². The maximum atomic E-state index is 11.7. The van der Waals surface area contributed by atoms with Crippen molar-refractivity contribution in [1.29, 1.82) is 0 Å². The van der Waals surface area contributed by atoms with E-state index in [1.165, 1.54) is 5.56 Å². The van der Waals surface area contributed by atoms with Gasteiger partial charge in [-0.1, -0.05) is 12.1 Å². The Morgan fingerprint density at radius 1 is 1.17 bits per heavy atom. The Labute approximate surface area is 152 Å². The van der Waals surface area contributed by atoms with Gasteiger partial charge in [0.05, 0.1) is 24.7 Å². The van der Waals surface area contributed by atoms with Crippen LogP contribution in [0.3, 0.4) is 0 Å². The van der Waals surface area contributed by atoms with Crippen LogP contribution >= 0.6 is 23.5 Å². The third-order valence-corrected chi connectivity index (χ3v) is 6.55. The summed E-state index contributed by atoms with van der Waals surface area (Å²) in [6.07, 6.45) is 0.915. The fourth-order valence-electron chi connectivity index (χ4n) is 2.51. The van der Waals surface area contributed by atoms with E-state index in [9.17, 15) is 9.59 Å². The molecule has 0 unspecified atom stereocenters. The molecule has 1 fully saturated rings. The molecule has 1 saturated heterocycles. The Balaban J connectivity index is 1.71. The van der Waals surface area contributed by atoms with Gasteiger partial charge in [-0.3, -0.25) is 4.79 Å². The smallest absolute Gasteiger partial charge is 0.338 e. The molecule has 0 spiro atoms. The molecule has 0 radical (unpaired) electrons. The van der Waals surface area contributed by atoms with Crippen LogP contribution in [0.4, 0.5) is 0 Å². The summed E-state index contributed by atoms with van der Waals surface area (Å²) in [5, 5.41) is 0.517. The topological polar surface area (TPSA) is 52.6 Å². The maximum absolute atomic E-state index is 11.7. The SMILES string of the molecule is CCOC(=O)c1ccc(CSC[C@H]2C[C@H](C(=O)OCC)CS2)cc1. The number of hydrogen-bond donors (Lipinski definition) is 0. The predicted molar refractivity (Wildman–Crippen MR) is 99.5 cm³/mol. The molecular weight excluding hydrogens is 344 g/mol. The zero-order valence-corrected chi connectivity index (χ0v) is 15.8. The van der Waals surface area contributed by atoms with Gasteiger partial charge in [-0.25, -0.2) is 4.79 Å². The van der Waals surface area contributed by atoms with Crippen LogP contribution in [0, 0.1) is 5.92 Å². The van der Waals surface area contributed by atoms with Gasteiger partial charge in [0.25, 0.3) is 0 Å². The van der Waals surface area contributed by atoms with Gasteiger partial charge in [-0.2, -0.15) is 23.5 Å². The fourth-order valence-corrected chi connectivity index (χ4v) is 5.27. The van der Waals surface area contributed by atoms with E-state index in [1.807, 2.05) is 54.7 Å². The normalized spacial score (nSPS) is 19.9. The Kier molecular flexibility index (Phi) is 7.99. The van der Waals surface area contributed by atoms with Crippen molar-refractivity contribution in [3.63, 3.8) is 0 Å². The Bertz CT molecular complexity index is 544. The lowest BCUT2D eigenvalue weighted by Crippen LogP contribution is -2.18. The van der Waals surface area contributed by atoms with E-state index in [1.54, 1.807) is 6.92 Å². The van der Waals surface area contributed by atoms with Crippen molar-refractivity contribution in [2.45, 2.75) is 31.3 Å². The van der Waals surface area contributed by atoms with Crippen LogP contribution in [0.2, 0.25) is 0 Å². The molecule has 0 aromatic heterocycles. The van der Waals surface area contributed by atoms with Gasteiger partial charge in [0.2, 0.25) is 0 Å². The van der Waals surface area contributed by atoms with Gasteiger partial charge in [0, 0.05) is 22.5 Å². The lowest BCUT2D eigenvalue weighted by molar-refractivity contribution is -0.147. The number of hydrogen-bond acceptors (Lipinski definition) is 6. The molecule has 0 amide bonds. The summed E-state index contributed by atoms with van der Waals surface area (Å²) in [5.41, 5.74) is 1.78. The first kappa shape index (κ1) is 19.2. The van der Waals surface area contributed by atoms with Crippen LogP contribution in [0.1, 0.15) is 36.2 Å². The average Bonchev–Trinajstić information content (AvgIpc) is 3.05. The Morgan fingerprint density at radius 3 is 2.54 bits per heavy atom. The molecule has 2 atom stereocenters. The summed E-state index contributed by atoms with van der Waals surface area (Å²) in [6.45, 7) is 4.50. The van der Waals surface area contributed by atoms with Crippen molar-refractivity contribution in [3.05, 3.63) is 35.4 Å². The second-order valence-corrected chi connectivity index (χ2v) is 7.94. The number of ether oxygens (including phenoxy) is 2. The summed E-state index contributed by atoms with van der Waals surface area (Å²) in [5.74, 6) is 2.54. The van der Waals surface area contributed by atoms with Crippen molar-refractivity contribution in [2.24, 2.45) is 5.92 Å². The number of rotatable bonds is 8. The summed E-state index contributed by atoms with van der Waals surface area (Å²) in [7, 11) is 0. The van der Waals surface area contributed by atoms with Crippen molar-refractivity contribution >= 4 is 35.5 Å². The van der Waals surface area contributed by atoms with Crippen LogP contribution in [0.15, 0.2) is 24.3 Å². The average molecular weight is 369 g/mol. The van der Waals surface area contributed by atoms with E-state index in [0.29, 0.717) is 24.0 Å². The van der Waals surface area contributed by atoms with Gasteiger partial charge in [-0.15, -0.1) is 0 Å². The highest BCUT2D eigenvalue weighted by atomic mass is 32.2. The number of esters is 2. The van der Waals surface area contributed by atoms with Crippen molar-refractivity contribution in [3.8, 4) is 0 Å². The van der Waals surface area contributed by atoms with E-state index in [2.05, 4.69) is 0 Å². The standard InChI is InChI=1S/C18H24O4S2/c1-3-21-17(19)14-7-5-13(6-8-14)10-23-12-16-9-15(11-24-16)18(20)22-4-2/h5-8,15-16H,3-4,9-12H2,1-2H3/t15-,16+/m0/s1. The Hall–Kier alpha value is -1.14. The molecule has 1 aliphatic rings. The highest BCUT2D eigenvalue weighted by Gasteiger charge is 2.31. The molecule has 1 aromatic carbocycles. The minimum Gasteiger partial charge on any atom is -0.466 e. The fraction of sp³-hybridized carbons (Fsp3) is 0.556. The minimum absolute atomic E-state index is 0.0490. The quantitative estimate of drug-likeness (QED) is 0.651. The first-order valence-corrected chi connectivity index (χ1v) is 10.5. The first-order valence-electron chi connectivity index (χ1n) is 8.26. The molecular formula is C18H24O4S2. The number of benzene rings is 1. The van der Waals surface area contributed by atoms with Crippen LogP contribution in [0.25, 0.3) is 0 Å². The molecule has 0 saturated carbocycles. The molecule has 1 heterocycles. The minimum atomic E-state index is -0.274. The van der Waals surface area contributed by atoms with E-state index in [0.717, 1.165) is 23.7 Å². The zero-order valence-electron chi connectivity index (χ0n) is 14.2.